The van der Waals surface area contributed by atoms with Crippen LogP contribution >= 0.6 is 0 Å². The number of nitrogens with zero attached hydrogens (tertiary/aromatic N) is 2. The minimum atomic E-state index is 0.519. The van der Waals surface area contributed by atoms with Gasteiger partial charge in [0.15, 0.2) is 0 Å². The summed E-state index contributed by atoms with van der Waals surface area (Å²) in [7, 11) is 1.94. The lowest BCUT2D eigenvalue weighted by Gasteiger charge is -2.08. The maximum atomic E-state index is 5.92. The number of aryl methyl sites for hydroxylation is 1. The monoisotopic (exact) mass is 202 g/mol. The Morgan fingerprint density at radius 2 is 2.20 bits per heavy atom. The summed E-state index contributed by atoms with van der Waals surface area (Å²) in [5.41, 5.74) is 15.3. The molecule has 0 amide bonds. The number of rotatable bonds is 2. The molecule has 2 rings (SSSR count). The van der Waals surface area contributed by atoms with Gasteiger partial charge in [-0.1, -0.05) is 6.07 Å². The van der Waals surface area contributed by atoms with Crippen LogP contribution in [-0.4, -0.2) is 9.55 Å². The molecule has 0 unspecified atom stereocenters. The molecule has 78 valence electrons. The van der Waals surface area contributed by atoms with Crippen LogP contribution in [0.1, 0.15) is 5.56 Å². The first-order valence-corrected chi connectivity index (χ1v) is 4.77. The molecule has 2 aromatic rings. The van der Waals surface area contributed by atoms with E-state index in [2.05, 4.69) is 4.98 Å². The number of benzene rings is 1. The van der Waals surface area contributed by atoms with Crippen molar-refractivity contribution in [3.63, 3.8) is 0 Å². The van der Waals surface area contributed by atoms with E-state index < -0.39 is 0 Å². The zero-order valence-corrected chi connectivity index (χ0v) is 8.64. The minimum absolute atomic E-state index is 0.519. The largest absolute Gasteiger partial charge is 0.398 e. The van der Waals surface area contributed by atoms with Crippen LogP contribution in [0.2, 0.25) is 0 Å². The first kappa shape index (κ1) is 9.73. The van der Waals surface area contributed by atoms with E-state index in [4.69, 9.17) is 11.5 Å². The first-order valence-electron chi connectivity index (χ1n) is 4.77. The summed E-state index contributed by atoms with van der Waals surface area (Å²) in [4.78, 5) is 4.07. The van der Waals surface area contributed by atoms with Gasteiger partial charge in [0.2, 0.25) is 0 Å². The van der Waals surface area contributed by atoms with E-state index in [0.717, 1.165) is 22.5 Å². The molecule has 4 heteroatoms. The van der Waals surface area contributed by atoms with Gasteiger partial charge in [-0.25, -0.2) is 4.98 Å². The molecule has 1 heterocycles. The van der Waals surface area contributed by atoms with Gasteiger partial charge in [0.1, 0.15) is 0 Å². The molecule has 0 saturated carbocycles. The average molecular weight is 202 g/mol. The van der Waals surface area contributed by atoms with Crippen molar-refractivity contribution in [3.8, 4) is 11.3 Å². The van der Waals surface area contributed by atoms with E-state index in [1.54, 1.807) is 12.5 Å². The van der Waals surface area contributed by atoms with Gasteiger partial charge < -0.3 is 16.0 Å². The highest BCUT2D eigenvalue weighted by Crippen LogP contribution is 2.25. The second-order valence-corrected chi connectivity index (χ2v) is 3.52. The normalized spacial score (nSPS) is 10.5. The van der Waals surface area contributed by atoms with Crippen LogP contribution in [0.3, 0.4) is 0 Å². The Morgan fingerprint density at radius 1 is 1.40 bits per heavy atom. The molecular formula is C11H14N4. The van der Waals surface area contributed by atoms with Crippen molar-refractivity contribution in [2.24, 2.45) is 12.8 Å². The molecule has 0 atom stereocenters. The highest BCUT2D eigenvalue weighted by molar-refractivity contribution is 5.74. The summed E-state index contributed by atoms with van der Waals surface area (Å²) >= 11 is 0. The Labute approximate surface area is 88.5 Å². The summed E-state index contributed by atoms with van der Waals surface area (Å²) in [5, 5.41) is 0. The summed E-state index contributed by atoms with van der Waals surface area (Å²) < 4.78 is 1.94. The highest BCUT2D eigenvalue weighted by atomic mass is 15.0. The maximum Gasteiger partial charge on any atom is 0.0948 e. The van der Waals surface area contributed by atoms with Crippen LogP contribution in [0.5, 0.6) is 0 Å². The van der Waals surface area contributed by atoms with Gasteiger partial charge >= 0.3 is 0 Å². The zero-order chi connectivity index (χ0) is 10.8. The third-order valence-electron chi connectivity index (χ3n) is 2.45. The van der Waals surface area contributed by atoms with E-state index in [1.165, 1.54) is 0 Å². The summed E-state index contributed by atoms with van der Waals surface area (Å²) in [5.74, 6) is 0. The smallest absolute Gasteiger partial charge is 0.0948 e. The molecule has 15 heavy (non-hydrogen) atoms. The molecule has 0 saturated heterocycles. The molecule has 0 spiro atoms. The zero-order valence-electron chi connectivity index (χ0n) is 8.64. The van der Waals surface area contributed by atoms with Gasteiger partial charge in [0.05, 0.1) is 18.2 Å². The highest BCUT2D eigenvalue weighted by Gasteiger charge is 2.06. The van der Waals surface area contributed by atoms with Crippen molar-refractivity contribution >= 4 is 5.69 Å². The van der Waals surface area contributed by atoms with Crippen molar-refractivity contribution in [1.82, 2.24) is 9.55 Å². The van der Waals surface area contributed by atoms with Crippen LogP contribution < -0.4 is 11.5 Å². The fourth-order valence-corrected chi connectivity index (χ4v) is 1.57. The minimum Gasteiger partial charge on any atom is -0.398 e. The van der Waals surface area contributed by atoms with E-state index in [0.29, 0.717) is 6.54 Å². The van der Waals surface area contributed by atoms with E-state index >= 15 is 0 Å². The number of nitrogens with two attached hydrogens (primary N) is 2. The van der Waals surface area contributed by atoms with E-state index in [-0.39, 0.29) is 0 Å². The number of aromatic nitrogens is 2. The van der Waals surface area contributed by atoms with Crippen LogP contribution in [0.25, 0.3) is 11.3 Å². The van der Waals surface area contributed by atoms with E-state index in [9.17, 15) is 0 Å². The quantitative estimate of drug-likeness (QED) is 0.717. The fourth-order valence-electron chi connectivity index (χ4n) is 1.57. The van der Waals surface area contributed by atoms with Gasteiger partial charge in [-0.2, -0.15) is 0 Å². The Morgan fingerprint density at radius 3 is 2.80 bits per heavy atom. The lowest BCUT2D eigenvalue weighted by molar-refractivity contribution is 0.921. The number of anilines is 1. The van der Waals surface area contributed by atoms with Crippen molar-refractivity contribution in [3.05, 3.63) is 36.3 Å². The van der Waals surface area contributed by atoms with Crippen molar-refractivity contribution in [1.29, 1.82) is 0 Å². The Bertz CT molecular complexity index is 473. The standard InChI is InChI=1S/C11H14N4/c1-15-7-14-6-11(15)9-4-8(5-12)2-3-10(9)13/h2-4,6-7H,5,12-13H2,1H3. The second-order valence-electron chi connectivity index (χ2n) is 3.52. The molecule has 4 N–H and O–H groups in total. The third kappa shape index (κ3) is 1.71. The van der Waals surface area contributed by atoms with Crippen molar-refractivity contribution in [2.45, 2.75) is 6.54 Å². The first-order chi connectivity index (χ1) is 7.22. The van der Waals surface area contributed by atoms with E-state index in [1.807, 2.05) is 29.8 Å². The summed E-state index contributed by atoms with van der Waals surface area (Å²) in [6.07, 6.45) is 3.55. The molecule has 1 aromatic carbocycles. The number of imidazole rings is 1. The predicted octanol–water partition coefficient (Wildman–Crippen LogP) is 1.13. The summed E-state index contributed by atoms with van der Waals surface area (Å²) in [6.45, 7) is 0.519. The van der Waals surface area contributed by atoms with Gasteiger partial charge in [-0.15, -0.1) is 0 Å². The van der Waals surface area contributed by atoms with Gasteiger partial charge in [0.25, 0.3) is 0 Å². The molecular weight excluding hydrogens is 188 g/mol. The van der Waals surface area contributed by atoms with Crippen LogP contribution in [0.4, 0.5) is 5.69 Å². The molecule has 0 bridgehead atoms. The second kappa shape index (κ2) is 3.74. The lowest BCUT2D eigenvalue weighted by Crippen LogP contribution is -2.00. The average Bonchev–Trinajstić information content (AvgIpc) is 2.65. The topological polar surface area (TPSA) is 69.9 Å². The Balaban J connectivity index is 2.56. The lowest BCUT2D eigenvalue weighted by atomic mass is 10.1. The number of hydrogen-bond acceptors (Lipinski definition) is 3. The fraction of sp³-hybridized carbons (Fsp3) is 0.182. The maximum absolute atomic E-state index is 5.92. The molecule has 0 aliphatic carbocycles. The molecule has 0 aliphatic rings. The van der Waals surface area contributed by atoms with Crippen molar-refractivity contribution in [2.75, 3.05) is 5.73 Å². The SMILES string of the molecule is Cn1cncc1-c1cc(CN)ccc1N. The van der Waals surface area contributed by atoms with Crippen LogP contribution in [-0.2, 0) is 13.6 Å². The number of hydrogen-bond donors (Lipinski definition) is 2. The third-order valence-corrected chi connectivity index (χ3v) is 2.45. The van der Waals surface area contributed by atoms with Gasteiger partial charge in [0, 0.05) is 24.8 Å². The van der Waals surface area contributed by atoms with Crippen LogP contribution in [0, 0.1) is 0 Å². The molecule has 0 radical (unpaired) electrons. The van der Waals surface area contributed by atoms with Crippen molar-refractivity contribution < 1.29 is 0 Å². The molecule has 4 nitrogen and oxygen atoms in total. The molecule has 1 aromatic heterocycles. The summed E-state index contributed by atoms with van der Waals surface area (Å²) in [6, 6.07) is 5.83. The Hall–Kier alpha value is -1.81. The number of nitrogen functional groups attached to an aromatic ring is 1. The van der Waals surface area contributed by atoms with Crippen LogP contribution in [0.15, 0.2) is 30.7 Å². The van der Waals surface area contributed by atoms with Gasteiger partial charge in [-0.3, -0.25) is 0 Å². The Kier molecular flexibility index (Phi) is 2.43. The van der Waals surface area contributed by atoms with Gasteiger partial charge in [-0.05, 0) is 17.7 Å². The molecule has 0 fully saturated rings. The molecule has 0 aliphatic heterocycles. The predicted molar refractivity (Wildman–Crippen MR) is 60.9 cm³/mol.